The molecule has 2 aromatic rings. The van der Waals surface area contributed by atoms with Crippen molar-refractivity contribution in [3.8, 4) is 0 Å². The summed E-state index contributed by atoms with van der Waals surface area (Å²) in [4.78, 5) is 12.4. The number of hydrogen-bond donors (Lipinski definition) is 2. The van der Waals surface area contributed by atoms with Crippen LogP contribution < -0.4 is 10.0 Å². The van der Waals surface area contributed by atoms with Crippen molar-refractivity contribution in [1.29, 1.82) is 0 Å². The summed E-state index contributed by atoms with van der Waals surface area (Å²) < 4.78 is 25.2. The molecule has 0 aliphatic rings. The number of amides is 1. The number of aryl methyl sites for hydroxylation is 3. The van der Waals surface area contributed by atoms with Gasteiger partial charge in [-0.25, -0.2) is 8.42 Å². The van der Waals surface area contributed by atoms with Crippen molar-refractivity contribution in [1.82, 2.24) is 0 Å². The molecule has 2 rings (SSSR count). The zero-order valence-electron chi connectivity index (χ0n) is 13.6. The Morgan fingerprint density at radius 3 is 2.13 bits per heavy atom. The molecule has 2 N–H and O–H groups in total. The van der Waals surface area contributed by atoms with Gasteiger partial charge in [-0.15, -0.1) is 0 Å². The van der Waals surface area contributed by atoms with Crippen LogP contribution in [-0.2, 0) is 10.0 Å². The number of hydrogen-bond acceptors (Lipinski definition) is 3. The van der Waals surface area contributed by atoms with Crippen LogP contribution in [0.15, 0.2) is 36.4 Å². The number of carbonyl (C=O) groups excluding carboxylic acids is 1. The molecule has 6 heteroatoms. The molecule has 0 aliphatic carbocycles. The summed E-state index contributed by atoms with van der Waals surface area (Å²) in [5.41, 5.74) is 4.37. The SMILES string of the molecule is Cc1cc(C)cc(NC(=O)c2ccc(C)c(NS(C)(=O)=O)c2)c1. The van der Waals surface area contributed by atoms with E-state index in [9.17, 15) is 13.2 Å². The maximum Gasteiger partial charge on any atom is 0.255 e. The second-order valence-electron chi connectivity index (χ2n) is 5.73. The van der Waals surface area contributed by atoms with Crippen LogP contribution in [0.5, 0.6) is 0 Å². The Morgan fingerprint density at radius 2 is 1.57 bits per heavy atom. The molecule has 5 nitrogen and oxygen atoms in total. The summed E-state index contributed by atoms with van der Waals surface area (Å²) in [6, 6.07) is 10.7. The van der Waals surface area contributed by atoms with E-state index in [0.29, 0.717) is 16.9 Å². The number of sulfonamides is 1. The van der Waals surface area contributed by atoms with Gasteiger partial charge in [0.2, 0.25) is 10.0 Å². The maximum atomic E-state index is 12.4. The Bertz CT molecular complexity index is 838. The molecule has 122 valence electrons. The average Bonchev–Trinajstić information content (AvgIpc) is 2.38. The normalized spacial score (nSPS) is 11.1. The van der Waals surface area contributed by atoms with E-state index in [2.05, 4.69) is 10.0 Å². The van der Waals surface area contributed by atoms with E-state index in [4.69, 9.17) is 0 Å². The first kappa shape index (κ1) is 17.0. The molecule has 0 aromatic heterocycles. The lowest BCUT2D eigenvalue weighted by Gasteiger charge is -2.11. The van der Waals surface area contributed by atoms with Crippen molar-refractivity contribution in [3.05, 3.63) is 58.7 Å². The van der Waals surface area contributed by atoms with Crippen LogP contribution in [-0.4, -0.2) is 20.6 Å². The second kappa shape index (κ2) is 6.42. The summed E-state index contributed by atoms with van der Waals surface area (Å²) in [5.74, 6) is -0.286. The number of carbonyl (C=O) groups is 1. The van der Waals surface area contributed by atoms with Crippen LogP contribution in [0.25, 0.3) is 0 Å². The largest absolute Gasteiger partial charge is 0.322 e. The molecule has 0 saturated heterocycles. The smallest absolute Gasteiger partial charge is 0.255 e. The topological polar surface area (TPSA) is 75.3 Å². The number of rotatable bonds is 4. The molecule has 23 heavy (non-hydrogen) atoms. The molecule has 0 aliphatic heterocycles. The van der Waals surface area contributed by atoms with Crippen molar-refractivity contribution in [2.24, 2.45) is 0 Å². The average molecular weight is 332 g/mol. The highest BCUT2D eigenvalue weighted by atomic mass is 32.2. The third-order valence-electron chi connectivity index (χ3n) is 3.27. The van der Waals surface area contributed by atoms with Crippen molar-refractivity contribution in [3.63, 3.8) is 0 Å². The fourth-order valence-corrected chi connectivity index (χ4v) is 2.94. The van der Waals surface area contributed by atoms with Gasteiger partial charge < -0.3 is 5.32 Å². The predicted molar refractivity (Wildman–Crippen MR) is 93.5 cm³/mol. The van der Waals surface area contributed by atoms with Gasteiger partial charge in [0.05, 0.1) is 11.9 Å². The minimum absolute atomic E-state index is 0.286. The molecule has 0 spiro atoms. The number of anilines is 2. The van der Waals surface area contributed by atoms with E-state index in [0.717, 1.165) is 22.9 Å². The monoisotopic (exact) mass is 332 g/mol. The Labute approximate surface area is 136 Å². The fourth-order valence-electron chi connectivity index (χ4n) is 2.32. The van der Waals surface area contributed by atoms with Crippen molar-refractivity contribution >= 4 is 27.3 Å². The first-order valence-electron chi connectivity index (χ1n) is 7.12. The maximum absolute atomic E-state index is 12.4. The van der Waals surface area contributed by atoms with Gasteiger partial charge in [-0.2, -0.15) is 0 Å². The highest BCUT2D eigenvalue weighted by Crippen LogP contribution is 2.20. The van der Waals surface area contributed by atoms with E-state index in [-0.39, 0.29) is 5.91 Å². The zero-order chi connectivity index (χ0) is 17.2. The van der Waals surface area contributed by atoms with Crippen molar-refractivity contribution in [2.45, 2.75) is 20.8 Å². The van der Waals surface area contributed by atoms with E-state index < -0.39 is 10.0 Å². The zero-order valence-corrected chi connectivity index (χ0v) is 14.4. The summed E-state index contributed by atoms with van der Waals surface area (Å²) in [6.07, 6.45) is 1.08. The van der Waals surface area contributed by atoms with E-state index in [1.807, 2.05) is 32.0 Å². The quantitative estimate of drug-likeness (QED) is 0.902. The van der Waals surface area contributed by atoms with Crippen molar-refractivity contribution < 1.29 is 13.2 Å². The molecule has 0 atom stereocenters. The van der Waals surface area contributed by atoms with Gasteiger partial charge in [0.25, 0.3) is 5.91 Å². The highest BCUT2D eigenvalue weighted by molar-refractivity contribution is 7.92. The van der Waals surface area contributed by atoms with Gasteiger partial charge in [0, 0.05) is 11.3 Å². The Morgan fingerprint density at radius 1 is 0.957 bits per heavy atom. The van der Waals surface area contributed by atoms with Crippen LogP contribution in [0, 0.1) is 20.8 Å². The molecule has 0 fully saturated rings. The molecule has 0 saturated carbocycles. The third kappa shape index (κ3) is 4.82. The van der Waals surface area contributed by atoms with Crippen LogP contribution >= 0.6 is 0 Å². The molecular weight excluding hydrogens is 312 g/mol. The minimum Gasteiger partial charge on any atom is -0.322 e. The number of nitrogens with one attached hydrogen (secondary N) is 2. The fraction of sp³-hybridized carbons (Fsp3) is 0.235. The molecular formula is C17H20N2O3S. The van der Waals surface area contributed by atoms with Crippen LogP contribution in [0.3, 0.4) is 0 Å². The third-order valence-corrected chi connectivity index (χ3v) is 3.87. The lowest BCUT2D eigenvalue weighted by Crippen LogP contribution is -2.15. The lowest BCUT2D eigenvalue weighted by molar-refractivity contribution is 0.102. The lowest BCUT2D eigenvalue weighted by atomic mass is 10.1. The first-order chi connectivity index (χ1) is 10.6. The van der Waals surface area contributed by atoms with E-state index >= 15 is 0 Å². The van der Waals surface area contributed by atoms with Gasteiger partial charge in [0.1, 0.15) is 0 Å². The summed E-state index contributed by atoms with van der Waals surface area (Å²) in [6.45, 7) is 5.70. The molecule has 1 amide bonds. The molecule has 0 unspecified atom stereocenters. The van der Waals surface area contributed by atoms with Gasteiger partial charge in [-0.3, -0.25) is 9.52 Å². The first-order valence-corrected chi connectivity index (χ1v) is 9.01. The van der Waals surface area contributed by atoms with Crippen LogP contribution in [0.1, 0.15) is 27.0 Å². The summed E-state index contributed by atoms with van der Waals surface area (Å²) in [7, 11) is -3.39. The highest BCUT2D eigenvalue weighted by Gasteiger charge is 2.11. The van der Waals surface area contributed by atoms with Crippen LogP contribution in [0.2, 0.25) is 0 Å². The Kier molecular flexibility index (Phi) is 4.75. The van der Waals surface area contributed by atoms with Gasteiger partial charge in [-0.1, -0.05) is 12.1 Å². The summed E-state index contributed by atoms with van der Waals surface area (Å²) in [5, 5.41) is 2.83. The predicted octanol–water partition coefficient (Wildman–Crippen LogP) is 3.24. The standard InChI is InChI=1S/C17H20N2O3S/c1-11-7-12(2)9-15(8-11)18-17(20)14-6-5-13(3)16(10-14)19-23(4,21)22/h5-10,19H,1-4H3,(H,18,20). The molecule has 0 bridgehead atoms. The second-order valence-corrected chi connectivity index (χ2v) is 7.48. The van der Waals surface area contributed by atoms with Gasteiger partial charge >= 0.3 is 0 Å². The summed E-state index contributed by atoms with van der Waals surface area (Å²) >= 11 is 0. The molecule has 0 heterocycles. The van der Waals surface area contributed by atoms with Gasteiger partial charge in [0.15, 0.2) is 0 Å². The molecule has 2 aromatic carbocycles. The van der Waals surface area contributed by atoms with E-state index in [1.165, 1.54) is 6.07 Å². The Balaban J connectivity index is 2.27. The van der Waals surface area contributed by atoms with E-state index in [1.54, 1.807) is 19.1 Å². The molecule has 0 radical (unpaired) electrons. The Hall–Kier alpha value is -2.34. The van der Waals surface area contributed by atoms with Crippen LogP contribution in [0.4, 0.5) is 11.4 Å². The number of benzene rings is 2. The van der Waals surface area contributed by atoms with Crippen molar-refractivity contribution in [2.75, 3.05) is 16.3 Å². The van der Waals surface area contributed by atoms with Gasteiger partial charge in [-0.05, 0) is 61.7 Å². The minimum atomic E-state index is -3.39.